The van der Waals surface area contributed by atoms with E-state index in [-0.39, 0.29) is 11.5 Å². The molecule has 0 saturated heterocycles. The molecule has 0 fully saturated rings. The van der Waals surface area contributed by atoms with E-state index in [0.29, 0.717) is 5.56 Å². The summed E-state index contributed by atoms with van der Waals surface area (Å²) < 4.78 is 12.7. The third kappa shape index (κ3) is 3.57. The van der Waals surface area contributed by atoms with Gasteiger partial charge in [-0.15, -0.1) is 0 Å². The van der Waals surface area contributed by atoms with Gasteiger partial charge in [0.05, 0.1) is 17.4 Å². The Bertz CT molecular complexity index is 687. The maximum atomic E-state index is 12.7. The average Bonchev–Trinajstić information content (AvgIpc) is 2.47. The monoisotopic (exact) mass is 305 g/mol. The lowest BCUT2D eigenvalue weighted by Crippen LogP contribution is -2.19. The van der Waals surface area contributed by atoms with Crippen molar-refractivity contribution in [2.45, 2.75) is 19.0 Å². The smallest absolute Gasteiger partial charge is 0.310 e. The number of hydrogen-bond acceptors (Lipinski definition) is 3. The minimum atomic E-state index is -3.72. The third-order valence-electron chi connectivity index (χ3n) is 3.29. The van der Waals surface area contributed by atoms with Crippen LogP contribution in [0.4, 0.5) is 0 Å². The molecule has 1 heterocycles. The van der Waals surface area contributed by atoms with Crippen LogP contribution in [-0.4, -0.2) is 21.0 Å². The maximum absolute atomic E-state index is 12.7. The van der Waals surface area contributed by atoms with Crippen LogP contribution in [0, 0.1) is 0 Å². The number of benzene rings is 1. The largest absolute Gasteiger partial charge is 0.481 e. The van der Waals surface area contributed by atoms with Crippen LogP contribution in [-0.2, 0) is 15.5 Å². The van der Waals surface area contributed by atoms with Gasteiger partial charge < -0.3 is 10.00 Å². The highest BCUT2D eigenvalue weighted by molar-refractivity contribution is 7.65. The van der Waals surface area contributed by atoms with Crippen molar-refractivity contribution < 1.29 is 19.4 Å². The molecule has 2 aromatic rings. The summed E-state index contributed by atoms with van der Waals surface area (Å²) in [6, 6.07) is 10.4. The molecule has 0 aliphatic carbocycles. The summed E-state index contributed by atoms with van der Waals surface area (Å²) in [6.07, 6.45) is 2.68. The molecule has 0 aliphatic rings. The Labute approximate surface area is 122 Å². The zero-order valence-corrected chi connectivity index (χ0v) is 12.4. The normalized spacial score (nSPS) is 15.1. The molecular formula is C15H16NO4P. The molecule has 2 unspecified atom stereocenters. The van der Waals surface area contributed by atoms with Crippen molar-refractivity contribution in [3.05, 3.63) is 59.9 Å². The van der Waals surface area contributed by atoms with E-state index in [9.17, 15) is 14.3 Å². The first-order valence-corrected chi connectivity index (χ1v) is 8.29. The van der Waals surface area contributed by atoms with Gasteiger partial charge in [0.15, 0.2) is 0 Å². The molecule has 0 bridgehead atoms. The van der Waals surface area contributed by atoms with Crippen LogP contribution in [0.5, 0.6) is 0 Å². The molecular weight excluding hydrogens is 289 g/mol. The quantitative estimate of drug-likeness (QED) is 0.828. The number of carboxylic acids is 1. The zero-order chi connectivity index (χ0) is 15.5. The fourth-order valence-corrected chi connectivity index (χ4v) is 3.90. The lowest BCUT2D eigenvalue weighted by molar-refractivity contribution is -0.138. The molecule has 0 saturated carbocycles. The SMILES string of the molecule is CC(C(=O)O)c1ccncc1P(=O)(O)Cc1ccccc1. The van der Waals surface area contributed by atoms with Gasteiger partial charge in [0.1, 0.15) is 0 Å². The molecule has 0 spiro atoms. The Kier molecular flexibility index (Phi) is 4.56. The highest BCUT2D eigenvalue weighted by Crippen LogP contribution is 2.45. The lowest BCUT2D eigenvalue weighted by atomic mass is 10.0. The Morgan fingerprint density at radius 1 is 1.29 bits per heavy atom. The van der Waals surface area contributed by atoms with Crippen LogP contribution in [0.2, 0.25) is 0 Å². The van der Waals surface area contributed by atoms with Gasteiger partial charge in [-0.3, -0.25) is 14.3 Å². The first-order valence-electron chi connectivity index (χ1n) is 6.45. The van der Waals surface area contributed by atoms with Crippen LogP contribution in [0.1, 0.15) is 24.0 Å². The van der Waals surface area contributed by atoms with Crippen LogP contribution >= 0.6 is 7.37 Å². The molecule has 0 amide bonds. The van der Waals surface area contributed by atoms with E-state index in [0.717, 1.165) is 5.56 Å². The van der Waals surface area contributed by atoms with Crippen molar-refractivity contribution in [2.24, 2.45) is 0 Å². The Morgan fingerprint density at radius 3 is 2.57 bits per heavy atom. The van der Waals surface area contributed by atoms with E-state index < -0.39 is 19.3 Å². The van der Waals surface area contributed by atoms with Gasteiger partial charge in [-0.05, 0) is 24.1 Å². The molecule has 0 aliphatic heterocycles. The Balaban J connectivity index is 2.41. The van der Waals surface area contributed by atoms with Crippen molar-refractivity contribution in [2.75, 3.05) is 0 Å². The van der Waals surface area contributed by atoms with Crippen molar-refractivity contribution in [1.82, 2.24) is 4.98 Å². The van der Waals surface area contributed by atoms with E-state index in [1.54, 1.807) is 24.3 Å². The molecule has 2 atom stereocenters. The molecule has 110 valence electrons. The summed E-state index contributed by atoms with van der Waals surface area (Å²) in [5.41, 5.74) is 1.06. The molecule has 1 aromatic heterocycles. The maximum Gasteiger partial charge on any atom is 0.310 e. The second-order valence-electron chi connectivity index (χ2n) is 4.84. The number of aromatic nitrogens is 1. The number of aliphatic carboxylic acids is 1. The van der Waals surface area contributed by atoms with Crippen LogP contribution < -0.4 is 5.30 Å². The van der Waals surface area contributed by atoms with E-state index in [2.05, 4.69) is 4.98 Å². The van der Waals surface area contributed by atoms with Crippen molar-refractivity contribution in [1.29, 1.82) is 0 Å². The predicted octanol–water partition coefficient (Wildman–Crippen LogP) is 2.37. The van der Waals surface area contributed by atoms with Gasteiger partial charge in [0, 0.05) is 12.4 Å². The third-order valence-corrected chi connectivity index (χ3v) is 5.21. The van der Waals surface area contributed by atoms with Gasteiger partial charge in [0.25, 0.3) is 0 Å². The number of nitrogens with zero attached hydrogens (tertiary/aromatic N) is 1. The summed E-state index contributed by atoms with van der Waals surface area (Å²) in [7, 11) is -3.72. The van der Waals surface area contributed by atoms with Gasteiger partial charge in [-0.2, -0.15) is 0 Å². The summed E-state index contributed by atoms with van der Waals surface area (Å²) in [6.45, 7) is 1.49. The highest BCUT2D eigenvalue weighted by atomic mass is 31.2. The molecule has 2 rings (SSSR count). The number of pyridine rings is 1. The molecule has 1 aromatic carbocycles. The summed E-state index contributed by atoms with van der Waals surface area (Å²) in [4.78, 5) is 25.4. The molecule has 2 N–H and O–H groups in total. The van der Waals surface area contributed by atoms with Crippen LogP contribution in [0.3, 0.4) is 0 Å². The van der Waals surface area contributed by atoms with Crippen molar-refractivity contribution in [3.63, 3.8) is 0 Å². The molecule has 6 heteroatoms. The lowest BCUT2D eigenvalue weighted by Gasteiger charge is -2.17. The van der Waals surface area contributed by atoms with Gasteiger partial charge in [-0.1, -0.05) is 30.3 Å². The van der Waals surface area contributed by atoms with Crippen LogP contribution in [0.25, 0.3) is 0 Å². The van der Waals surface area contributed by atoms with Gasteiger partial charge in [0.2, 0.25) is 7.37 Å². The van der Waals surface area contributed by atoms with E-state index >= 15 is 0 Å². The number of rotatable bonds is 5. The van der Waals surface area contributed by atoms with Crippen molar-refractivity contribution in [3.8, 4) is 0 Å². The van der Waals surface area contributed by atoms with E-state index in [4.69, 9.17) is 5.11 Å². The minimum Gasteiger partial charge on any atom is -0.481 e. The summed E-state index contributed by atoms with van der Waals surface area (Å²) in [5, 5.41) is 9.24. The van der Waals surface area contributed by atoms with Gasteiger partial charge >= 0.3 is 5.97 Å². The van der Waals surface area contributed by atoms with E-state index in [1.165, 1.54) is 25.4 Å². The number of carboxylic acid groups (broad SMARTS) is 1. The molecule has 0 radical (unpaired) electrons. The fraction of sp³-hybridized carbons (Fsp3) is 0.200. The Morgan fingerprint density at radius 2 is 1.95 bits per heavy atom. The Hall–Kier alpha value is -1.97. The minimum absolute atomic E-state index is 0.0428. The van der Waals surface area contributed by atoms with Crippen molar-refractivity contribution >= 4 is 18.6 Å². The molecule has 5 nitrogen and oxygen atoms in total. The molecule has 21 heavy (non-hydrogen) atoms. The first kappa shape index (κ1) is 15.4. The number of carbonyl (C=O) groups is 1. The highest BCUT2D eigenvalue weighted by Gasteiger charge is 2.29. The zero-order valence-electron chi connectivity index (χ0n) is 11.5. The van der Waals surface area contributed by atoms with Crippen LogP contribution in [0.15, 0.2) is 48.8 Å². The average molecular weight is 305 g/mol. The fourth-order valence-electron chi connectivity index (χ4n) is 2.10. The number of hydrogen-bond donors (Lipinski definition) is 2. The second kappa shape index (κ2) is 6.20. The predicted molar refractivity (Wildman–Crippen MR) is 79.9 cm³/mol. The standard InChI is InChI=1S/C15H16NO4P/c1-11(15(17)18)13-7-8-16-9-14(13)21(19,20)10-12-5-3-2-4-6-12/h2-9,11H,10H2,1H3,(H,17,18)(H,19,20). The topological polar surface area (TPSA) is 87.5 Å². The summed E-state index contributed by atoms with van der Waals surface area (Å²) >= 11 is 0. The second-order valence-corrected chi connectivity index (χ2v) is 7.04. The summed E-state index contributed by atoms with van der Waals surface area (Å²) in [5.74, 6) is -1.90. The first-order chi connectivity index (χ1) is 9.92. The van der Waals surface area contributed by atoms with E-state index in [1.807, 2.05) is 6.07 Å². The van der Waals surface area contributed by atoms with Gasteiger partial charge in [-0.25, -0.2) is 0 Å².